The van der Waals surface area contributed by atoms with Crippen molar-refractivity contribution in [1.29, 1.82) is 0 Å². The molecule has 106 valence electrons. The van der Waals surface area contributed by atoms with Crippen molar-refractivity contribution in [3.05, 3.63) is 60.7 Å². The van der Waals surface area contributed by atoms with Crippen molar-refractivity contribution >= 4 is 0 Å². The smallest absolute Gasteiger partial charge is 0.0819 e. The van der Waals surface area contributed by atoms with Gasteiger partial charge in [0, 0.05) is 31.0 Å². The van der Waals surface area contributed by atoms with Crippen molar-refractivity contribution in [3.63, 3.8) is 0 Å². The number of rotatable bonds is 6. The lowest BCUT2D eigenvalue weighted by atomic mass is 9.78. The number of aliphatic hydroxyl groups excluding tert-OH is 1. The van der Waals surface area contributed by atoms with Crippen LogP contribution in [0, 0.1) is 11.8 Å². The highest BCUT2D eigenvalue weighted by Crippen LogP contribution is 2.40. The van der Waals surface area contributed by atoms with Gasteiger partial charge >= 0.3 is 0 Å². The predicted octanol–water partition coefficient (Wildman–Crippen LogP) is 1.89. The molecule has 0 saturated carbocycles. The molecule has 2 N–H and O–H groups in total. The molecule has 5 atom stereocenters. The van der Waals surface area contributed by atoms with Crippen LogP contribution in [0.3, 0.4) is 0 Å². The van der Waals surface area contributed by atoms with E-state index in [9.17, 15) is 5.11 Å². The molecular formula is C17H21NO2. The number of ether oxygens (including phenoxy) is 1. The van der Waals surface area contributed by atoms with Crippen molar-refractivity contribution in [1.82, 2.24) is 5.32 Å². The van der Waals surface area contributed by atoms with Gasteiger partial charge in [0.15, 0.2) is 0 Å². The summed E-state index contributed by atoms with van der Waals surface area (Å²) in [6, 6.07) is 10.5. The van der Waals surface area contributed by atoms with Crippen LogP contribution in [0.2, 0.25) is 0 Å². The van der Waals surface area contributed by atoms with E-state index < -0.39 is 0 Å². The van der Waals surface area contributed by atoms with Crippen molar-refractivity contribution in [2.45, 2.75) is 24.8 Å². The molecule has 1 saturated heterocycles. The van der Waals surface area contributed by atoms with E-state index in [0.29, 0.717) is 0 Å². The van der Waals surface area contributed by atoms with Crippen molar-refractivity contribution < 1.29 is 9.84 Å². The minimum absolute atomic E-state index is 0.0657. The summed E-state index contributed by atoms with van der Waals surface area (Å²) in [5.41, 5.74) is 1.25. The van der Waals surface area contributed by atoms with Gasteiger partial charge in [0.1, 0.15) is 0 Å². The zero-order chi connectivity index (χ0) is 13.9. The Labute approximate surface area is 120 Å². The fourth-order valence-corrected chi connectivity index (χ4v) is 3.32. The SMILES string of the molecule is C=C[C@H](NCc1ccccc1)[C@H]1[C@@H](CO)[C@@H]2C=C[C@H]1O2. The molecule has 0 aliphatic carbocycles. The van der Waals surface area contributed by atoms with E-state index in [1.54, 1.807) is 0 Å². The third-order valence-corrected chi connectivity index (χ3v) is 4.36. The van der Waals surface area contributed by atoms with Gasteiger partial charge in [0.25, 0.3) is 0 Å². The van der Waals surface area contributed by atoms with Gasteiger partial charge in [-0.3, -0.25) is 0 Å². The maximum atomic E-state index is 9.61. The standard InChI is InChI=1S/C17H21NO2/c1-2-14(18-10-12-6-4-3-5-7-12)17-13(11-19)15-8-9-16(17)20-15/h2-9,13-19H,1,10-11H2/t13-,14-,15-,16+,17+/m0/s1. The van der Waals surface area contributed by atoms with E-state index in [2.05, 4.69) is 36.2 Å². The molecule has 0 amide bonds. The second-order valence-electron chi connectivity index (χ2n) is 5.50. The summed E-state index contributed by atoms with van der Waals surface area (Å²) in [5.74, 6) is 0.424. The highest BCUT2D eigenvalue weighted by atomic mass is 16.5. The number of hydrogen-bond donors (Lipinski definition) is 2. The van der Waals surface area contributed by atoms with Gasteiger partial charge in [-0.25, -0.2) is 0 Å². The maximum Gasteiger partial charge on any atom is 0.0819 e. The number of fused-ring (bicyclic) bond motifs is 2. The molecule has 1 aromatic carbocycles. The molecule has 0 radical (unpaired) electrons. The molecule has 2 bridgehead atoms. The minimum atomic E-state index is 0.0657. The third kappa shape index (κ3) is 2.44. The fraction of sp³-hybridized carbons (Fsp3) is 0.412. The molecule has 2 aliphatic rings. The van der Waals surface area contributed by atoms with Gasteiger partial charge in [0.2, 0.25) is 0 Å². The first kappa shape index (κ1) is 13.6. The van der Waals surface area contributed by atoms with Crippen molar-refractivity contribution in [2.24, 2.45) is 11.8 Å². The zero-order valence-electron chi connectivity index (χ0n) is 11.5. The van der Waals surface area contributed by atoms with E-state index in [1.165, 1.54) is 5.56 Å². The van der Waals surface area contributed by atoms with Gasteiger partial charge in [-0.05, 0) is 5.56 Å². The zero-order valence-corrected chi connectivity index (χ0v) is 11.5. The van der Waals surface area contributed by atoms with Crippen LogP contribution in [-0.4, -0.2) is 30.0 Å². The van der Waals surface area contributed by atoms with E-state index in [1.807, 2.05) is 24.3 Å². The van der Waals surface area contributed by atoms with E-state index in [-0.39, 0.29) is 36.7 Å². The quantitative estimate of drug-likeness (QED) is 0.776. The van der Waals surface area contributed by atoms with Gasteiger partial charge in [-0.15, -0.1) is 6.58 Å². The normalized spacial score (nSPS) is 32.5. The first-order valence-corrected chi connectivity index (χ1v) is 7.18. The Hall–Kier alpha value is -1.42. The van der Waals surface area contributed by atoms with Crippen LogP contribution in [0.25, 0.3) is 0 Å². The van der Waals surface area contributed by atoms with Gasteiger partial charge in [0.05, 0.1) is 12.2 Å². The minimum Gasteiger partial charge on any atom is -0.396 e. The average Bonchev–Trinajstić information content (AvgIpc) is 3.10. The predicted molar refractivity (Wildman–Crippen MR) is 79.1 cm³/mol. The largest absolute Gasteiger partial charge is 0.396 e. The van der Waals surface area contributed by atoms with Crippen molar-refractivity contribution in [3.8, 4) is 0 Å². The highest BCUT2D eigenvalue weighted by Gasteiger charge is 2.47. The summed E-state index contributed by atoms with van der Waals surface area (Å²) in [5, 5.41) is 13.1. The fourth-order valence-electron chi connectivity index (χ4n) is 3.32. The topological polar surface area (TPSA) is 41.5 Å². The Bertz CT molecular complexity index is 485. The molecule has 0 aromatic heterocycles. The molecule has 3 heteroatoms. The van der Waals surface area contributed by atoms with Gasteiger partial charge < -0.3 is 15.2 Å². The van der Waals surface area contributed by atoms with Crippen LogP contribution >= 0.6 is 0 Å². The first-order chi connectivity index (χ1) is 9.83. The summed E-state index contributed by atoms with van der Waals surface area (Å²) in [6.07, 6.45) is 6.29. The van der Waals surface area contributed by atoms with Crippen LogP contribution in [0.1, 0.15) is 5.56 Å². The first-order valence-electron chi connectivity index (χ1n) is 7.18. The van der Waals surface area contributed by atoms with Gasteiger partial charge in [-0.2, -0.15) is 0 Å². The molecule has 1 aromatic rings. The van der Waals surface area contributed by atoms with Gasteiger partial charge in [-0.1, -0.05) is 48.6 Å². The lowest BCUT2D eigenvalue weighted by Crippen LogP contribution is -2.43. The summed E-state index contributed by atoms with van der Waals surface area (Å²) in [4.78, 5) is 0. The summed E-state index contributed by atoms with van der Waals surface area (Å²) < 4.78 is 5.86. The maximum absolute atomic E-state index is 9.61. The summed E-state index contributed by atoms with van der Waals surface area (Å²) in [7, 11) is 0. The Morgan fingerprint density at radius 2 is 2.00 bits per heavy atom. The number of hydrogen-bond acceptors (Lipinski definition) is 3. The molecule has 1 fully saturated rings. The molecule has 2 aliphatic heterocycles. The Balaban J connectivity index is 1.67. The summed E-state index contributed by atoms with van der Waals surface area (Å²) in [6.45, 7) is 4.91. The van der Waals surface area contributed by atoms with Crippen LogP contribution in [0.5, 0.6) is 0 Å². The van der Waals surface area contributed by atoms with E-state index in [4.69, 9.17) is 4.74 Å². The lowest BCUT2D eigenvalue weighted by Gasteiger charge is -2.30. The van der Waals surface area contributed by atoms with Crippen molar-refractivity contribution in [2.75, 3.05) is 6.61 Å². The number of aliphatic hydroxyl groups is 1. The van der Waals surface area contributed by atoms with Crippen LogP contribution in [0.4, 0.5) is 0 Å². The van der Waals surface area contributed by atoms with E-state index in [0.717, 1.165) is 6.54 Å². The molecule has 3 rings (SSSR count). The second-order valence-corrected chi connectivity index (χ2v) is 5.50. The van der Waals surface area contributed by atoms with Crippen LogP contribution in [0.15, 0.2) is 55.1 Å². The monoisotopic (exact) mass is 271 g/mol. The molecule has 2 heterocycles. The number of benzene rings is 1. The highest BCUT2D eigenvalue weighted by molar-refractivity contribution is 5.19. The van der Waals surface area contributed by atoms with E-state index >= 15 is 0 Å². The average molecular weight is 271 g/mol. The Morgan fingerprint density at radius 1 is 1.25 bits per heavy atom. The molecule has 3 nitrogen and oxygen atoms in total. The Kier molecular flexibility index (Phi) is 4.01. The Morgan fingerprint density at radius 3 is 2.70 bits per heavy atom. The third-order valence-electron chi connectivity index (χ3n) is 4.36. The van der Waals surface area contributed by atoms with Crippen LogP contribution in [-0.2, 0) is 11.3 Å². The molecule has 0 unspecified atom stereocenters. The van der Waals surface area contributed by atoms with Crippen LogP contribution < -0.4 is 5.32 Å². The number of nitrogens with one attached hydrogen (secondary N) is 1. The molecule has 20 heavy (non-hydrogen) atoms. The molecular weight excluding hydrogens is 250 g/mol. The summed E-state index contributed by atoms with van der Waals surface area (Å²) >= 11 is 0. The lowest BCUT2D eigenvalue weighted by molar-refractivity contribution is 0.0932. The molecule has 0 spiro atoms. The second kappa shape index (κ2) is 5.92.